The summed E-state index contributed by atoms with van der Waals surface area (Å²) >= 11 is 5.76. The molecule has 0 aliphatic rings. The topological polar surface area (TPSA) is 98.7 Å². The van der Waals surface area contributed by atoms with Gasteiger partial charge in [-0.2, -0.15) is 18.2 Å². The van der Waals surface area contributed by atoms with Crippen molar-refractivity contribution in [2.24, 2.45) is 5.73 Å². The second-order valence-corrected chi connectivity index (χ2v) is 7.10. The third-order valence-corrected chi connectivity index (χ3v) is 4.46. The number of amides is 1. The molecule has 0 aliphatic carbocycles. The van der Waals surface area contributed by atoms with E-state index in [0.717, 1.165) is 11.8 Å². The summed E-state index contributed by atoms with van der Waals surface area (Å²) in [5, 5.41) is 2.92. The normalized spacial score (nSPS) is 11.7. The van der Waals surface area contributed by atoms with E-state index in [1.807, 2.05) is 0 Å². The van der Waals surface area contributed by atoms with Crippen LogP contribution in [0.5, 0.6) is 0 Å². The molecule has 7 nitrogen and oxygen atoms in total. The number of carbonyl (C=O) groups excluding carboxylic acids is 1. The van der Waals surface area contributed by atoms with Crippen molar-refractivity contribution in [1.82, 2.24) is 19.5 Å². The average molecular weight is 439 g/mol. The molecule has 0 spiro atoms. The molecule has 0 atom stereocenters. The number of hydrogen-bond donors (Lipinski definition) is 2. The van der Waals surface area contributed by atoms with Crippen LogP contribution >= 0.6 is 11.6 Å². The summed E-state index contributed by atoms with van der Waals surface area (Å²) in [7, 11) is 0. The van der Waals surface area contributed by atoms with Crippen molar-refractivity contribution >= 4 is 23.3 Å². The molecule has 0 aliphatic heterocycles. The number of nitrogens with one attached hydrogen (secondary N) is 1. The minimum atomic E-state index is -4.52. The molecule has 0 saturated carbocycles. The molecule has 0 fully saturated rings. The Morgan fingerprint density at radius 3 is 2.47 bits per heavy atom. The summed E-state index contributed by atoms with van der Waals surface area (Å²) in [6, 6.07) is 6.64. The smallest absolute Gasteiger partial charge is 0.365 e. The van der Waals surface area contributed by atoms with E-state index in [4.69, 9.17) is 17.3 Å². The van der Waals surface area contributed by atoms with E-state index in [-0.39, 0.29) is 35.1 Å². The first-order chi connectivity index (χ1) is 14.1. The van der Waals surface area contributed by atoms with Crippen molar-refractivity contribution in [3.8, 4) is 11.4 Å². The van der Waals surface area contributed by atoms with Crippen molar-refractivity contribution in [2.75, 3.05) is 5.32 Å². The predicted molar refractivity (Wildman–Crippen MR) is 106 cm³/mol. The van der Waals surface area contributed by atoms with Crippen molar-refractivity contribution in [3.05, 3.63) is 58.8 Å². The van der Waals surface area contributed by atoms with Gasteiger partial charge >= 0.3 is 6.18 Å². The van der Waals surface area contributed by atoms with Gasteiger partial charge < -0.3 is 15.6 Å². The first kappa shape index (κ1) is 21.6. The molecule has 0 unspecified atom stereocenters. The number of nitrogens with two attached hydrogens (primary N) is 1. The summed E-state index contributed by atoms with van der Waals surface area (Å²) < 4.78 is 40.7. The van der Waals surface area contributed by atoms with Gasteiger partial charge in [0.15, 0.2) is 5.69 Å². The van der Waals surface area contributed by atoms with Gasteiger partial charge in [0.2, 0.25) is 5.28 Å². The van der Waals surface area contributed by atoms with Crippen LogP contribution in [0.25, 0.3) is 11.4 Å². The number of imidazole rings is 1. The van der Waals surface area contributed by atoms with Gasteiger partial charge in [0.25, 0.3) is 5.91 Å². The van der Waals surface area contributed by atoms with Crippen LogP contribution in [0.15, 0.2) is 36.7 Å². The molecule has 0 saturated heterocycles. The molecule has 3 rings (SSSR count). The third kappa shape index (κ3) is 4.70. The van der Waals surface area contributed by atoms with Gasteiger partial charge in [-0.25, -0.2) is 9.97 Å². The quantitative estimate of drug-likeness (QED) is 0.559. The van der Waals surface area contributed by atoms with Gasteiger partial charge in [-0.05, 0) is 31.0 Å². The second kappa shape index (κ2) is 8.31. The molecule has 0 bridgehead atoms. The molecule has 2 aromatic heterocycles. The first-order valence-electron chi connectivity index (χ1n) is 8.88. The number of carbonyl (C=O) groups is 1. The maximum atomic E-state index is 13.1. The zero-order valence-corrected chi connectivity index (χ0v) is 16.8. The number of aromatic nitrogens is 4. The minimum absolute atomic E-state index is 0.0427. The van der Waals surface area contributed by atoms with Crippen molar-refractivity contribution in [2.45, 2.75) is 32.6 Å². The van der Waals surface area contributed by atoms with Crippen LogP contribution < -0.4 is 11.1 Å². The van der Waals surface area contributed by atoms with E-state index < -0.39 is 17.8 Å². The van der Waals surface area contributed by atoms with Crippen LogP contribution in [0.4, 0.5) is 19.0 Å². The number of benzene rings is 1. The maximum Gasteiger partial charge on any atom is 0.434 e. The molecule has 0 radical (unpaired) electrons. The Kier molecular flexibility index (Phi) is 5.97. The zero-order valence-electron chi connectivity index (χ0n) is 16.0. The summed E-state index contributed by atoms with van der Waals surface area (Å²) in [6.45, 7) is 3.85. The zero-order chi connectivity index (χ0) is 22.1. The van der Waals surface area contributed by atoms with Crippen LogP contribution in [0, 0.1) is 0 Å². The van der Waals surface area contributed by atoms with Gasteiger partial charge in [0.1, 0.15) is 11.6 Å². The fraction of sp³-hybridized carbons (Fsp3) is 0.263. The molecule has 2 heterocycles. The van der Waals surface area contributed by atoms with Crippen LogP contribution in [0.3, 0.4) is 0 Å². The Hall–Kier alpha value is -3.14. The molecule has 1 amide bonds. The SMILES string of the molecule is CC(C)n1cc(C(F)(F)F)nc1-c1ccc(CNc2nc(Cl)ncc2C(N)=O)cc1. The summed E-state index contributed by atoms with van der Waals surface area (Å²) in [4.78, 5) is 22.9. The fourth-order valence-corrected chi connectivity index (χ4v) is 2.90. The Morgan fingerprint density at radius 2 is 1.90 bits per heavy atom. The Balaban J connectivity index is 1.82. The molecule has 3 N–H and O–H groups in total. The molecular weight excluding hydrogens is 421 g/mol. The van der Waals surface area contributed by atoms with Gasteiger partial charge in [0, 0.05) is 30.5 Å². The van der Waals surface area contributed by atoms with E-state index >= 15 is 0 Å². The maximum absolute atomic E-state index is 13.1. The lowest BCUT2D eigenvalue weighted by molar-refractivity contribution is -0.140. The highest BCUT2D eigenvalue weighted by molar-refractivity contribution is 6.28. The summed E-state index contributed by atoms with van der Waals surface area (Å²) in [5.74, 6) is -0.280. The van der Waals surface area contributed by atoms with Crippen molar-refractivity contribution in [3.63, 3.8) is 0 Å². The van der Waals surface area contributed by atoms with E-state index in [9.17, 15) is 18.0 Å². The highest BCUT2D eigenvalue weighted by Crippen LogP contribution is 2.32. The average Bonchev–Trinajstić information content (AvgIpc) is 3.13. The number of halogens is 4. The Morgan fingerprint density at radius 1 is 1.23 bits per heavy atom. The highest BCUT2D eigenvalue weighted by atomic mass is 35.5. The molecule has 3 aromatic rings. The second-order valence-electron chi connectivity index (χ2n) is 6.76. The lowest BCUT2D eigenvalue weighted by Gasteiger charge is -2.12. The number of rotatable bonds is 6. The van der Waals surface area contributed by atoms with Gasteiger partial charge in [-0.3, -0.25) is 4.79 Å². The molecular formula is C19H18ClF3N6O. The summed E-state index contributed by atoms with van der Waals surface area (Å²) in [6.07, 6.45) is -2.28. The van der Waals surface area contributed by atoms with Crippen LogP contribution in [0.1, 0.15) is 41.5 Å². The number of nitrogens with zero attached hydrogens (tertiary/aromatic N) is 4. The highest BCUT2D eigenvalue weighted by Gasteiger charge is 2.35. The molecule has 30 heavy (non-hydrogen) atoms. The standard InChI is InChI=1S/C19H18ClF3N6O/c1-10(2)29-9-14(19(21,22)23)27-17(29)12-5-3-11(4-6-12)7-25-16-13(15(24)30)8-26-18(20)28-16/h3-6,8-10H,7H2,1-2H3,(H2,24,30)(H,25,26,28). The fourth-order valence-electron chi connectivity index (χ4n) is 2.77. The monoisotopic (exact) mass is 438 g/mol. The lowest BCUT2D eigenvalue weighted by atomic mass is 10.1. The molecule has 158 valence electrons. The van der Waals surface area contributed by atoms with Gasteiger partial charge in [0.05, 0.1) is 5.56 Å². The van der Waals surface area contributed by atoms with Crippen LogP contribution in [-0.2, 0) is 12.7 Å². The van der Waals surface area contributed by atoms with E-state index in [1.165, 1.54) is 10.8 Å². The Bertz CT molecular complexity index is 1060. The van der Waals surface area contributed by atoms with Crippen LogP contribution in [0.2, 0.25) is 5.28 Å². The molecule has 11 heteroatoms. The number of alkyl halides is 3. The third-order valence-electron chi connectivity index (χ3n) is 4.28. The van der Waals surface area contributed by atoms with E-state index in [2.05, 4.69) is 20.3 Å². The van der Waals surface area contributed by atoms with Crippen molar-refractivity contribution < 1.29 is 18.0 Å². The van der Waals surface area contributed by atoms with Gasteiger partial charge in [-0.15, -0.1) is 0 Å². The summed E-state index contributed by atoms with van der Waals surface area (Å²) in [5.41, 5.74) is 5.80. The molecule has 1 aromatic carbocycles. The minimum Gasteiger partial charge on any atom is -0.365 e. The first-order valence-corrected chi connectivity index (χ1v) is 9.25. The number of hydrogen-bond acceptors (Lipinski definition) is 5. The number of primary amides is 1. The lowest BCUT2D eigenvalue weighted by Crippen LogP contribution is -2.16. The van der Waals surface area contributed by atoms with E-state index in [1.54, 1.807) is 38.1 Å². The van der Waals surface area contributed by atoms with Crippen molar-refractivity contribution in [1.29, 1.82) is 0 Å². The van der Waals surface area contributed by atoms with Crippen LogP contribution in [-0.4, -0.2) is 25.4 Å². The predicted octanol–water partition coefficient (Wildman–Crippen LogP) is 4.30. The van der Waals surface area contributed by atoms with Gasteiger partial charge in [-0.1, -0.05) is 24.3 Å². The van der Waals surface area contributed by atoms with E-state index in [0.29, 0.717) is 5.56 Å². The Labute approximate surface area is 175 Å². The number of anilines is 1. The largest absolute Gasteiger partial charge is 0.434 e.